The lowest BCUT2D eigenvalue weighted by atomic mass is 9.75. The summed E-state index contributed by atoms with van der Waals surface area (Å²) >= 11 is 0. The summed E-state index contributed by atoms with van der Waals surface area (Å²) in [5.74, 6) is 0.598. The third-order valence-corrected chi connectivity index (χ3v) is 6.47. The average Bonchev–Trinajstić information content (AvgIpc) is 3.41. The smallest absolute Gasteiger partial charge is 0.374 e. The number of hydrogen-bond donors (Lipinski definition) is 2. The second-order valence-corrected chi connectivity index (χ2v) is 8.23. The normalized spacial score (nSPS) is 25.7. The Morgan fingerprint density at radius 2 is 1.94 bits per heavy atom. The summed E-state index contributed by atoms with van der Waals surface area (Å²) in [4.78, 5) is 24.9. The van der Waals surface area contributed by atoms with E-state index < -0.39 is 5.97 Å². The first-order valence-electron chi connectivity index (χ1n) is 10.9. The Morgan fingerprint density at radius 1 is 1.16 bits per heavy atom. The van der Waals surface area contributed by atoms with Gasteiger partial charge in [0.1, 0.15) is 5.58 Å². The molecule has 170 valence electrons. The number of hydrogen-bond acceptors (Lipinski definition) is 6. The van der Waals surface area contributed by atoms with E-state index in [1.807, 2.05) is 6.07 Å². The standard InChI is InChI=1S/C23H30N2O5.ClH/c1-3-29-23(27)20-13-15-12-16(6-9-19(15)30-20)25-22(26)21-18(10-11-24-21)14-4-7-17(28-2)8-5-14;/h6,9,12-14,17-18,21,24H,3-5,7-8,10-11H2,1-2H3,(H,25,26);1H/t14?,17?,18-,21-;/m0./s1. The highest BCUT2D eigenvalue weighted by Gasteiger charge is 2.39. The Balaban J connectivity index is 0.00000272. The fraction of sp³-hybridized carbons (Fsp3) is 0.565. The molecule has 2 aromatic rings. The number of carbonyl (C=O) groups excluding carboxylic acids is 2. The Kier molecular flexibility index (Phi) is 7.97. The zero-order valence-electron chi connectivity index (χ0n) is 18.0. The highest BCUT2D eigenvalue weighted by molar-refractivity contribution is 5.98. The predicted molar refractivity (Wildman–Crippen MR) is 121 cm³/mol. The Bertz CT molecular complexity index is 907. The number of amides is 1. The number of nitrogens with one attached hydrogen (secondary N) is 2. The molecule has 0 spiro atoms. The number of ether oxygens (including phenoxy) is 2. The van der Waals surface area contributed by atoms with Crippen molar-refractivity contribution in [2.75, 3.05) is 25.6 Å². The highest BCUT2D eigenvalue weighted by Crippen LogP contribution is 2.37. The molecule has 1 amide bonds. The topological polar surface area (TPSA) is 89.8 Å². The van der Waals surface area contributed by atoms with Crippen LogP contribution in [-0.2, 0) is 14.3 Å². The van der Waals surface area contributed by atoms with E-state index in [1.54, 1.807) is 32.2 Å². The van der Waals surface area contributed by atoms with Crippen molar-refractivity contribution >= 4 is 40.9 Å². The number of methoxy groups -OCH3 is 1. The molecule has 7 nitrogen and oxygen atoms in total. The molecule has 8 heteroatoms. The molecule has 2 fully saturated rings. The number of halogens is 1. The summed E-state index contributed by atoms with van der Waals surface area (Å²) in [6.07, 6.45) is 5.78. The van der Waals surface area contributed by atoms with E-state index in [9.17, 15) is 9.59 Å². The first kappa shape index (κ1) is 23.6. The van der Waals surface area contributed by atoms with Gasteiger partial charge >= 0.3 is 5.97 Å². The third-order valence-electron chi connectivity index (χ3n) is 6.47. The minimum Gasteiger partial charge on any atom is -0.460 e. The maximum absolute atomic E-state index is 13.0. The summed E-state index contributed by atoms with van der Waals surface area (Å²) in [6, 6.07) is 6.86. The molecule has 4 rings (SSSR count). The van der Waals surface area contributed by atoms with Crippen LogP contribution in [0.3, 0.4) is 0 Å². The first-order chi connectivity index (χ1) is 14.6. The molecule has 1 saturated heterocycles. The lowest BCUT2D eigenvalue weighted by molar-refractivity contribution is -0.119. The van der Waals surface area contributed by atoms with Crippen molar-refractivity contribution in [1.29, 1.82) is 0 Å². The van der Waals surface area contributed by atoms with Gasteiger partial charge in [-0.05, 0) is 81.7 Å². The SMILES string of the molecule is CCOC(=O)c1cc2cc(NC(=O)[C@H]3NCC[C@H]3C3CCC(OC)CC3)ccc2o1.Cl. The van der Waals surface area contributed by atoms with Crippen molar-refractivity contribution in [3.63, 3.8) is 0 Å². The monoisotopic (exact) mass is 450 g/mol. The summed E-state index contributed by atoms with van der Waals surface area (Å²) in [5.41, 5.74) is 1.28. The molecule has 2 aliphatic rings. The number of carbonyl (C=O) groups is 2. The molecule has 1 aromatic heterocycles. The van der Waals surface area contributed by atoms with E-state index in [0.717, 1.165) is 44.0 Å². The summed E-state index contributed by atoms with van der Waals surface area (Å²) in [6.45, 7) is 2.91. The van der Waals surface area contributed by atoms with Gasteiger partial charge in [0.2, 0.25) is 11.7 Å². The van der Waals surface area contributed by atoms with Crippen molar-refractivity contribution in [3.05, 3.63) is 30.0 Å². The molecule has 2 atom stereocenters. The Labute approximate surface area is 188 Å². The summed E-state index contributed by atoms with van der Waals surface area (Å²) < 4.78 is 16.0. The molecule has 2 heterocycles. The predicted octanol–water partition coefficient (Wildman–Crippen LogP) is 4.15. The van der Waals surface area contributed by atoms with E-state index in [1.165, 1.54) is 0 Å². The molecule has 1 aliphatic heterocycles. The highest BCUT2D eigenvalue weighted by atomic mass is 35.5. The maximum Gasteiger partial charge on any atom is 0.374 e. The summed E-state index contributed by atoms with van der Waals surface area (Å²) in [7, 11) is 1.78. The number of anilines is 1. The lowest BCUT2D eigenvalue weighted by Gasteiger charge is -2.33. The Hall–Kier alpha value is -2.09. The van der Waals surface area contributed by atoms with Gasteiger partial charge in [-0.2, -0.15) is 0 Å². The Morgan fingerprint density at radius 3 is 2.65 bits per heavy atom. The van der Waals surface area contributed by atoms with Crippen LogP contribution in [0.1, 0.15) is 49.6 Å². The molecule has 31 heavy (non-hydrogen) atoms. The van der Waals surface area contributed by atoms with Crippen LogP contribution in [-0.4, -0.2) is 44.3 Å². The molecule has 0 bridgehead atoms. The maximum atomic E-state index is 13.0. The van der Waals surface area contributed by atoms with Crippen molar-refractivity contribution in [1.82, 2.24) is 5.32 Å². The third kappa shape index (κ3) is 5.22. The lowest BCUT2D eigenvalue weighted by Crippen LogP contribution is -2.43. The van der Waals surface area contributed by atoms with Gasteiger partial charge in [0.25, 0.3) is 0 Å². The van der Waals surface area contributed by atoms with Gasteiger partial charge < -0.3 is 24.5 Å². The number of rotatable bonds is 6. The fourth-order valence-electron chi connectivity index (χ4n) is 4.91. The van der Waals surface area contributed by atoms with Gasteiger partial charge in [-0.15, -0.1) is 12.4 Å². The van der Waals surface area contributed by atoms with Crippen molar-refractivity contribution < 1.29 is 23.5 Å². The summed E-state index contributed by atoms with van der Waals surface area (Å²) in [5, 5.41) is 7.20. The fourth-order valence-corrected chi connectivity index (χ4v) is 4.91. The van der Waals surface area contributed by atoms with Crippen LogP contribution < -0.4 is 10.6 Å². The quantitative estimate of drug-likeness (QED) is 0.642. The minimum absolute atomic E-state index is 0. The van der Waals surface area contributed by atoms with Crippen LogP contribution in [0.5, 0.6) is 0 Å². The largest absolute Gasteiger partial charge is 0.460 e. The van der Waals surface area contributed by atoms with E-state index in [0.29, 0.717) is 35.8 Å². The number of furan rings is 1. The zero-order chi connectivity index (χ0) is 21.1. The van der Waals surface area contributed by atoms with E-state index in [2.05, 4.69) is 10.6 Å². The van der Waals surface area contributed by atoms with Crippen LogP contribution in [0, 0.1) is 11.8 Å². The van der Waals surface area contributed by atoms with Crippen molar-refractivity contribution in [2.45, 2.75) is 51.2 Å². The van der Waals surface area contributed by atoms with Gasteiger partial charge in [-0.25, -0.2) is 4.79 Å². The van der Waals surface area contributed by atoms with Gasteiger partial charge in [0, 0.05) is 18.2 Å². The van der Waals surface area contributed by atoms with Crippen LogP contribution >= 0.6 is 12.4 Å². The molecule has 1 saturated carbocycles. The minimum atomic E-state index is -0.486. The molecule has 1 aliphatic carbocycles. The second-order valence-electron chi connectivity index (χ2n) is 8.23. The average molecular weight is 451 g/mol. The van der Waals surface area contributed by atoms with E-state index >= 15 is 0 Å². The molecular formula is C23H31ClN2O5. The molecular weight excluding hydrogens is 420 g/mol. The van der Waals surface area contributed by atoms with Crippen molar-refractivity contribution in [2.24, 2.45) is 11.8 Å². The number of esters is 1. The number of fused-ring (bicyclic) bond motifs is 1. The molecule has 2 N–H and O–H groups in total. The molecule has 1 aromatic carbocycles. The van der Waals surface area contributed by atoms with Crippen LogP contribution in [0.15, 0.2) is 28.7 Å². The molecule has 0 unspecified atom stereocenters. The van der Waals surface area contributed by atoms with E-state index in [-0.39, 0.29) is 30.1 Å². The van der Waals surface area contributed by atoms with Gasteiger partial charge in [-0.3, -0.25) is 4.79 Å². The van der Waals surface area contributed by atoms with Gasteiger partial charge in [0.05, 0.1) is 18.8 Å². The van der Waals surface area contributed by atoms with Gasteiger partial charge in [-0.1, -0.05) is 0 Å². The molecule has 0 radical (unpaired) electrons. The van der Waals surface area contributed by atoms with Crippen LogP contribution in [0.2, 0.25) is 0 Å². The van der Waals surface area contributed by atoms with Crippen molar-refractivity contribution in [3.8, 4) is 0 Å². The van der Waals surface area contributed by atoms with E-state index in [4.69, 9.17) is 13.9 Å². The van der Waals surface area contributed by atoms with Gasteiger partial charge in [0.15, 0.2) is 0 Å². The first-order valence-corrected chi connectivity index (χ1v) is 10.9. The van der Waals surface area contributed by atoms with Crippen LogP contribution in [0.25, 0.3) is 11.0 Å². The zero-order valence-corrected chi connectivity index (χ0v) is 18.8. The number of benzene rings is 1. The second kappa shape index (κ2) is 10.5. The van der Waals surface area contributed by atoms with Crippen LogP contribution in [0.4, 0.5) is 5.69 Å².